The number of carbonyl (C=O) groups excluding carboxylic acids is 1. The van der Waals surface area contributed by atoms with Crippen LogP contribution in [-0.2, 0) is 19.1 Å². The molecule has 0 N–H and O–H groups in total. The van der Waals surface area contributed by atoms with Gasteiger partial charge in [0.15, 0.2) is 0 Å². The van der Waals surface area contributed by atoms with Gasteiger partial charge in [0.25, 0.3) is 0 Å². The number of alkyl halides is 2. The molecule has 0 saturated carbocycles. The standard InChI is InChI=1S/C7H12BrFO4S/c1-2-6(8)3-4-7(10)13-14(11,12)5-9/h6H,2-5H2,1H3. The van der Waals surface area contributed by atoms with Crippen LogP contribution in [0.3, 0.4) is 0 Å². The number of rotatable bonds is 6. The maximum atomic E-state index is 11.7. The van der Waals surface area contributed by atoms with E-state index in [9.17, 15) is 17.6 Å². The highest BCUT2D eigenvalue weighted by molar-refractivity contribution is 9.09. The molecule has 1 atom stereocenters. The van der Waals surface area contributed by atoms with Crippen LogP contribution >= 0.6 is 15.9 Å². The van der Waals surface area contributed by atoms with Gasteiger partial charge in [-0.15, -0.1) is 0 Å². The van der Waals surface area contributed by atoms with Gasteiger partial charge in [0.05, 0.1) is 0 Å². The number of hydrogen-bond donors (Lipinski definition) is 0. The SMILES string of the molecule is CCC(Br)CCC(=O)OS(=O)(=O)CF. The molecule has 0 saturated heterocycles. The molecule has 14 heavy (non-hydrogen) atoms. The summed E-state index contributed by atoms with van der Waals surface area (Å²) in [5.74, 6) is -0.916. The Labute approximate surface area is 91.1 Å². The Hall–Kier alpha value is -0.170. The van der Waals surface area contributed by atoms with Crippen molar-refractivity contribution in [1.82, 2.24) is 0 Å². The summed E-state index contributed by atoms with van der Waals surface area (Å²) >= 11 is 3.27. The minimum absolute atomic E-state index is 0.0387. The first-order valence-electron chi connectivity index (χ1n) is 4.06. The van der Waals surface area contributed by atoms with E-state index < -0.39 is 22.1 Å². The summed E-state index contributed by atoms with van der Waals surface area (Å²) in [6.45, 7) is 1.92. The van der Waals surface area contributed by atoms with Crippen molar-refractivity contribution in [3.63, 3.8) is 0 Å². The van der Waals surface area contributed by atoms with E-state index >= 15 is 0 Å². The molecule has 0 aromatic heterocycles. The first kappa shape index (κ1) is 13.8. The van der Waals surface area contributed by atoms with E-state index in [4.69, 9.17) is 0 Å². The Morgan fingerprint density at radius 2 is 2.14 bits per heavy atom. The van der Waals surface area contributed by atoms with Crippen LogP contribution in [0.25, 0.3) is 0 Å². The van der Waals surface area contributed by atoms with Gasteiger partial charge in [-0.2, -0.15) is 8.42 Å². The van der Waals surface area contributed by atoms with Gasteiger partial charge >= 0.3 is 16.1 Å². The van der Waals surface area contributed by atoms with Crippen molar-refractivity contribution in [2.45, 2.75) is 31.0 Å². The molecule has 0 amide bonds. The van der Waals surface area contributed by atoms with E-state index in [0.717, 1.165) is 6.42 Å². The zero-order chi connectivity index (χ0) is 11.2. The predicted octanol–water partition coefficient (Wildman–Crippen LogP) is 1.74. The van der Waals surface area contributed by atoms with Crippen LogP contribution in [0.2, 0.25) is 0 Å². The molecule has 4 nitrogen and oxygen atoms in total. The Kier molecular flexibility index (Phi) is 6.26. The van der Waals surface area contributed by atoms with Crippen LogP contribution in [0.4, 0.5) is 4.39 Å². The van der Waals surface area contributed by atoms with Gasteiger partial charge in [-0.1, -0.05) is 22.9 Å². The normalized spacial score (nSPS) is 13.6. The van der Waals surface area contributed by atoms with Crippen molar-refractivity contribution in [3.8, 4) is 0 Å². The van der Waals surface area contributed by atoms with E-state index in [0.29, 0.717) is 6.42 Å². The topological polar surface area (TPSA) is 60.4 Å². The lowest BCUT2D eigenvalue weighted by Gasteiger charge is -2.05. The molecule has 1 unspecified atom stereocenters. The molecule has 0 aromatic carbocycles. The van der Waals surface area contributed by atoms with Crippen molar-refractivity contribution in [3.05, 3.63) is 0 Å². The Bertz CT molecular complexity index is 277. The van der Waals surface area contributed by atoms with Gasteiger partial charge < -0.3 is 4.18 Å². The molecular formula is C7H12BrFO4S. The molecule has 0 fully saturated rings. The first-order chi connectivity index (χ1) is 6.41. The third-order valence-electron chi connectivity index (χ3n) is 1.46. The van der Waals surface area contributed by atoms with Crippen molar-refractivity contribution in [2.24, 2.45) is 0 Å². The number of halogens is 2. The lowest BCUT2D eigenvalue weighted by atomic mass is 10.2. The molecule has 0 bridgehead atoms. The molecule has 0 radical (unpaired) electrons. The van der Waals surface area contributed by atoms with Crippen molar-refractivity contribution >= 4 is 32.0 Å². The minimum Gasteiger partial charge on any atom is -0.344 e. The average molecular weight is 291 g/mol. The second-order valence-electron chi connectivity index (χ2n) is 2.67. The summed E-state index contributed by atoms with van der Waals surface area (Å²) in [6, 6.07) is -1.68. The fourth-order valence-corrected chi connectivity index (χ4v) is 1.32. The fraction of sp³-hybridized carbons (Fsp3) is 0.857. The lowest BCUT2D eigenvalue weighted by Crippen LogP contribution is -2.15. The molecule has 0 aliphatic heterocycles. The van der Waals surface area contributed by atoms with Gasteiger partial charge in [-0.25, -0.2) is 4.39 Å². The second kappa shape index (κ2) is 6.34. The molecule has 0 aliphatic rings. The summed E-state index contributed by atoms with van der Waals surface area (Å²) in [5.41, 5.74) is 0. The Morgan fingerprint density at radius 3 is 2.57 bits per heavy atom. The molecule has 7 heteroatoms. The van der Waals surface area contributed by atoms with E-state index in [1.807, 2.05) is 6.92 Å². The number of hydrogen-bond acceptors (Lipinski definition) is 4. The van der Waals surface area contributed by atoms with Crippen LogP contribution in [0.15, 0.2) is 0 Å². The van der Waals surface area contributed by atoms with Crippen LogP contribution in [0.1, 0.15) is 26.2 Å². The summed E-state index contributed by atoms with van der Waals surface area (Å²) in [7, 11) is -4.30. The average Bonchev–Trinajstić information content (AvgIpc) is 2.13. The Balaban J connectivity index is 3.89. The molecule has 0 spiro atoms. The summed E-state index contributed by atoms with van der Waals surface area (Å²) in [6.07, 6.45) is 1.25. The molecule has 0 aromatic rings. The van der Waals surface area contributed by atoms with Crippen LogP contribution in [-0.4, -0.2) is 25.2 Å². The van der Waals surface area contributed by atoms with E-state index in [2.05, 4.69) is 20.1 Å². The fourth-order valence-electron chi connectivity index (χ4n) is 0.684. The highest BCUT2D eigenvalue weighted by atomic mass is 79.9. The summed E-state index contributed by atoms with van der Waals surface area (Å²) < 4.78 is 36.6. The van der Waals surface area contributed by atoms with Crippen LogP contribution < -0.4 is 0 Å². The molecule has 0 heterocycles. The monoisotopic (exact) mass is 290 g/mol. The quantitative estimate of drug-likeness (QED) is 0.552. The zero-order valence-corrected chi connectivity index (χ0v) is 10.1. The predicted molar refractivity (Wildman–Crippen MR) is 53.2 cm³/mol. The first-order valence-corrected chi connectivity index (χ1v) is 6.55. The van der Waals surface area contributed by atoms with Crippen molar-refractivity contribution < 1.29 is 21.8 Å². The molecule has 0 aliphatic carbocycles. The number of carbonyl (C=O) groups is 1. The summed E-state index contributed by atoms with van der Waals surface area (Å²) in [5, 5.41) is 0. The maximum absolute atomic E-state index is 11.7. The van der Waals surface area contributed by atoms with E-state index in [-0.39, 0.29) is 11.2 Å². The van der Waals surface area contributed by atoms with Crippen molar-refractivity contribution in [1.29, 1.82) is 0 Å². The molecule has 0 rings (SSSR count). The van der Waals surface area contributed by atoms with Gasteiger partial charge in [-0.05, 0) is 12.8 Å². The lowest BCUT2D eigenvalue weighted by molar-refractivity contribution is -0.134. The van der Waals surface area contributed by atoms with Gasteiger partial charge in [0.1, 0.15) is 0 Å². The van der Waals surface area contributed by atoms with E-state index in [1.54, 1.807) is 0 Å². The largest absolute Gasteiger partial charge is 0.344 e. The second-order valence-corrected chi connectivity index (χ2v) is 5.46. The van der Waals surface area contributed by atoms with Crippen LogP contribution in [0.5, 0.6) is 0 Å². The molecule has 84 valence electrons. The summed E-state index contributed by atoms with van der Waals surface area (Å²) in [4.78, 5) is 11.0. The third-order valence-corrected chi connectivity index (χ3v) is 3.27. The highest BCUT2D eigenvalue weighted by Gasteiger charge is 2.17. The third kappa shape index (κ3) is 6.31. The van der Waals surface area contributed by atoms with Gasteiger partial charge in [0, 0.05) is 11.2 Å². The van der Waals surface area contributed by atoms with Gasteiger partial charge in [0.2, 0.25) is 6.01 Å². The Morgan fingerprint density at radius 1 is 1.57 bits per heavy atom. The van der Waals surface area contributed by atoms with Crippen molar-refractivity contribution in [2.75, 3.05) is 6.01 Å². The van der Waals surface area contributed by atoms with E-state index in [1.165, 1.54) is 0 Å². The van der Waals surface area contributed by atoms with Gasteiger partial charge in [-0.3, -0.25) is 4.79 Å². The van der Waals surface area contributed by atoms with Crippen LogP contribution in [0, 0.1) is 0 Å². The highest BCUT2D eigenvalue weighted by Crippen LogP contribution is 2.12. The molecular weight excluding hydrogens is 279 g/mol. The zero-order valence-electron chi connectivity index (χ0n) is 7.70. The minimum atomic E-state index is -4.30. The smallest absolute Gasteiger partial charge is 0.341 e. The maximum Gasteiger partial charge on any atom is 0.341 e.